The molecule has 34 heavy (non-hydrogen) atoms. The zero-order valence-electron chi connectivity index (χ0n) is 19.0. The van der Waals surface area contributed by atoms with Gasteiger partial charge in [-0.25, -0.2) is 13.4 Å². The molecule has 5 rings (SSSR count). The van der Waals surface area contributed by atoms with Crippen molar-refractivity contribution in [1.82, 2.24) is 9.29 Å². The van der Waals surface area contributed by atoms with Gasteiger partial charge in [-0.2, -0.15) is 4.31 Å². The maximum absolute atomic E-state index is 13.2. The lowest BCUT2D eigenvalue weighted by Crippen LogP contribution is -2.40. The van der Waals surface area contributed by atoms with Crippen LogP contribution in [0, 0.1) is 5.92 Å². The summed E-state index contributed by atoms with van der Waals surface area (Å²) in [7, 11) is -3.56. The molecule has 0 atom stereocenters. The number of aryl methyl sites for hydroxylation is 2. The standard InChI is InChI=1S/C26H28N2O5S/c29-26(33-18-23-17-32-25(27-23)20-7-2-1-3-8-20)21-12-14-28(15-13-21)34(30,31)24-11-10-19-6-4-5-9-22(19)16-24/h1-3,7-8,10-11,16-17,21H,4-6,9,12-15,18H2. The highest BCUT2D eigenvalue weighted by Crippen LogP contribution is 2.29. The van der Waals surface area contributed by atoms with Crippen LogP contribution in [0.25, 0.3) is 11.5 Å². The summed E-state index contributed by atoms with van der Waals surface area (Å²) in [6, 6.07) is 15.0. The third-order valence-corrected chi connectivity index (χ3v) is 8.57. The summed E-state index contributed by atoms with van der Waals surface area (Å²) in [4.78, 5) is 17.3. The van der Waals surface area contributed by atoms with Crippen molar-refractivity contribution >= 4 is 16.0 Å². The minimum absolute atomic E-state index is 0.0306. The first-order valence-corrected chi connectivity index (χ1v) is 13.2. The molecule has 1 aliphatic carbocycles. The number of oxazole rings is 1. The Kier molecular flexibility index (Phi) is 6.52. The molecule has 1 saturated heterocycles. The first kappa shape index (κ1) is 22.8. The zero-order valence-corrected chi connectivity index (χ0v) is 19.8. The molecule has 1 fully saturated rings. The Balaban J connectivity index is 1.15. The Hall–Kier alpha value is -2.97. The highest BCUT2D eigenvalue weighted by atomic mass is 32.2. The van der Waals surface area contributed by atoms with Crippen molar-refractivity contribution in [3.8, 4) is 11.5 Å². The molecule has 178 valence electrons. The van der Waals surface area contributed by atoms with Crippen LogP contribution < -0.4 is 0 Å². The highest BCUT2D eigenvalue weighted by Gasteiger charge is 2.33. The molecule has 2 heterocycles. The monoisotopic (exact) mass is 480 g/mol. The molecule has 3 aromatic rings. The van der Waals surface area contributed by atoms with Crippen LogP contribution in [0.5, 0.6) is 0 Å². The topological polar surface area (TPSA) is 89.7 Å². The summed E-state index contributed by atoms with van der Waals surface area (Å²) in [6.45, 7) is 0.644. The maximum Gasteiger partial charge on any atom is 0.309 e. The molecule has 1 aromatic heterocycles. The molecule has 0 amide bonds. The number of carbonyl (C=O) groups excluding carboxylic acids is 1. The molecule has 7 nitrogen and oxygen atoms in total. The smallest absolute Gasteiger partial charge is 0.309 e. The zero-order chi connectivity index (χ0) is 23.5. The molecule has 2 aliphatic rings. The maximum atomic E-state index is 13.2. The van der Waals surface area contributed by atoms with E-state index in [0.29, 0.717) is 42.4 Å². The summed E-state index contributed by atoms with van der Waals surface area (Å²) < 4.78 is 38.8. The number of ether oxygens (including phenoxy) is 1. The second-order valence-electron chi connectivity index (χ2n) is 8.93. The molecule has 2 aromatic carbocycles. The van der Waals surface area contributed by atoms with E-state index in [9.17, 15) is 13.2 Å². The summed E-state index contributed by atoms with van der Waals surface area (Å²) in [5.74, 6) is -0.169. The van der Waals surface area contributed by atoms with Crippen LogP contribution in [-0.4, -0.2) is 36.8 Å². The normalized spacial score (nSPS) is 17.3. The van der Waals surface area contributed by atoms with E-state index in [1.165, 1.54) is 16.1 Å². The minimum Gasteiger partial charge on any atom is -0.459 e. The lowest BCUT2D eigenvalue weighted by Gasteiger charge is -2.30. The van der Waals surface area contributed by atoms with Gasteiger partial charge >= 0.3 is 5.97 Å². The number of esters is 1. The molecular formula is C26H28N2O5S. The van der Waals surface area contributed by atoms with Gasteiger partial charge in [0.1, 0.15) is 18.6 Å². The van der Waals surface area contributed by atoms with E-state index in [4.69, 9.17) is 9.15 Å². The molecule has 0 unspecified atom stereocenters. The van der Waals surface area contributed by atoms with Gasteiger partial charge in [-0.1, -0.05) is 24.3 Å². The van der Waals surface area contributed by atoms with E-state index < -0.39 is 10.0 Å². The van der Waals surface area contributed by atoms with Gasteiger partial charge in [0, 0.05) is 18.7 Å². The second kappa shape index (κ2) is 9.72. The van der Waals surface area contributed by atoms with E-state index >= 15 is 0 Å². The van der Waals surface area contributed by atoms with Crippen LogP contribution in [0.2, 0.25) is 0 Å². The average Bonchev–Trinajstić information content (AvgIpc) is 3.37. The fourth-order valence-corrected chi connectivity index (χ4v) is 6.22. The summed E-state index contributed by atoms with van der Waals surface area (Å²) >= 11 is 0. The van der Waals surface area contributed by atoms with Crippen LogP contribution in [0.3, 0.4) is 0 Å². The number of hydrogen-bond donors (Lipinski definition) is 0. The van der Waals surface area contributed by atoms with E-state index in [1.807, 2.05) is 42.5 Å². The van der Waals surface area contributed by atoms with E-state index in [0.717, 1.165) is 36.8 Å². The number of fused-ring (bicyclic) bond motifs is 1. The first-order valence-electron chi connectivity index (χ1n) is 11.8. The summed E-state index contributed by atoms with van der Waals surface area (Å²) in [5, 5.41) is 0. The van der Waals surface area contributed by atoms with E-state index in [1.54, 1.807) is 6.07 Å². The fourth-order valence-electron chi connectivity index (χ4n) is 4.70. The molecule has 8 heteroatoms. The van der Waals surface area contributed by atoms with Gasteiger partial charge in [0.2, 0.25) is 15.9 Å². The van der Waals surface area contributed by atoms with Gasteiger partial charge in [-0.05, 0) is 73.9 Å². The van der Waals surface area contributed by atoms with Gasteiger partial charge in [0.15, 0.2) is 0 Å². The number of hydrogen-bond acceptors (Lipinski definition) is 6. The number of aromatic nitrogens is 1. The molecule has 0 spiro atoms. The Labute approximate surface area is 199 Å². The summed E-state index contributed by atoms with van der Waals surface area (Å²) in [6.07, 6.45) is 6.59. The molecule has 0 bridgehead atoms. The predicted molar refractivity (Wildman–Crippen MR) is 126 cm³/mol. The van der Waals surface area contributed by atoms with E-state index in [-0.39, 0.29) is 18.5 Å². The lowest BCUT2D eigenvalue weighted by atomic mass is 9.92. The lowest BCUT2D eigenvalue weighted by molar-refractivity contribution is -0.151. The van der Waals surface area contributed by atoms with Crippen molar-refractivity contribution in [3.05, 3.63) is 71.6 Å². The van der Waals surface area contributed by atoms with Gasteiger partial charge in [0.05, 0.1) is 10.8 Å². The predicted octanol–water partition coefficient (Wildman–Crippen LogP) is 4.36. The van der Waals surface area contributed by atoms with Crippen molar-refractivity contribution < 1.29 is 22.4 Å². The largest absolute Gasteiger partial charge is 0.459 e. The Bertz CT molecular complexity index is 1260. The third kappa shape index (κ3) is 4.79. The third-order valence-electron chi connectivity index (χ3n) is 6.68. The van der Waals surface area contributed by atoms with Gasteiger partial charge < -0.3 is 9.15 Å². The van der Waals surface area contributed by atoms with Crippen LogP contribution in [-0.2, 0) is 39.0 Å². The Morgan fingerprint density at radius 2 is 1.76 bits per heavy atom. The minimum atomic E-state index is -3.56. The summed E-state index contributed by atoms with van der Waals surface area (Å²) in [5.41, 5.74) is 3.80. The Morgan fingerprint density at radius 3 is 2.53 bits per heavy atom. The molecule has 1 aliphatic heterocycles. The number of nitrogens with zero attached hydrogens (tertiary/aromatic N) is 2. The number of piperidine rings is 1. The molecule has 0 saturated carbocycles. The van der Waals surface area contributed by atoms with Crippen LogP contribution in [0.1, 0.15) is 42.5 Å². The van der Waals surface area contributed by atoms with Crippen molar-refractivity contribution in [3.63, 3.8) is 0 Å². The average molecular weight is 481 g/mol. The van der Waals surface area contributed by atoms with Crippen molar-refractivity contribution in [1.29, 1.82) is 0 Å². The molecule has 0 radical (unpaired) electrons. The fraction of sp³-hybridized carbons (Fsp3) is 0.385. The molecular weight excluding hydrogens is 452 g/mol. The van der Waals surface area contributed by atoms with Crippen LogP contribution in [0.4, 0.5) is 0 Å². The van der Waals surface area contributed by atoms with Crippen molar-refractivity contribution in [2.24, 2.45) is 5.92 Å². The van der Waals surface area contributed by atoms with Crippen LogP contribution >= 0.6 is 0 Å². The van der Waals surface area contributed by atoms with Gasteiger partial charge in [-0.15, -0.1) is 0 Å². The Morgan fingerprint density at radius 1 is 1.03 bits per heavy atom. The van der Waals surface area contributed by atoms with Crippen molar-refractivity contribution in [2.45, 2.75) is 50.0 Å². The number of benzene rings is 2. The first-order chi connectivity index (χ1) is 16.5. The number of sulfonamides is 1. The quantitative estimate of drug-likeness (QED) is 0.487. The molecule has 0 N–H and O–H groups in total. The number of carbonyl (C=O) groups is 1. The van der Waals surface area contributed by atoms with E-state index in [2.05, 4.69) is 4.98 Å². The highest BCUT2D eigenvalue weighted by molar-refractivity contribution is 7.89. The van der Waals surface area contributed by atoms with Crippen molar-refractivity contribution in [2.75, 3.05) is 13.1 Å². The van der Waals surface area contributed by atoms with Crippen LogP contribution in [0.15, 0.2) is 64.1 Å². The van der Waals surface area contributed by atoms with Gasteiger partial charge in [-0.3, -0.25) is 4.79 Å². The number of rotatable bonds is 6. The second-order valence-corrected chi connectivity index (χ2v) is 10.9. The SMILES string of the molecule is O=C(OCc1coc(-c2ccccc2)n1)C1CCN(S(=O)(=O)c2ccc3c(c2)CCCC3)CC1. The van der Waals surface area contributed by atoms with Gasteiger partial charge in [0.25, 0.3) is 0 Å².